The number of H-pyrrole nitrogens is 2. The molecule has 168 valence electrons. The molecule has 0 radical (unpaired) electrons. The lowest BCUT2D eigenvalue weighted by molar-refractivity contribution is 0.628. The number of nitrogens with one attached hydrogen (secondary N) is 2. The van der Waals surface area contributed by atoms with E-state index in [9.17, 15) is 4.39 Å². The summed E-state index contributed by atoms with van der Waals surface area (Å²) < 4.78 is 28.4. The zero-order valence-corrected chi connectivity index (χ0v) is 18.7. The van der Waals surface area contributed by atoms with E-state index in [1.165, 1.54) is 18.2 Å². The maximum Gasteiger partial charge on any atom is 0.157 e. The van der Waals surface area contributed by atoms with Crippen LogP contribution in [-0.2, 0) is 0 Å². The van der Waals surface area contributed by atoms with Crippen LogP contribution in [0.1, 0.15) is 19.4 Å². The summed E-state index contributed by atoms with van der Waals surface area (Å²) in [5.41, 5.74) is 6.16. The third-order valence-electron chi connectivity index (χ3n) is 5.76. The number of aromatic nitrogens is 5. The fraction of sp³-hybridized carbons (Fsp3) is 0.0741. The van der Waals surface area contributed by atoms with Crippen molar-refractivity contribution in [1.29, 1.82) is 0 Å². The quantitative estimate of drug-likeness (QED) is 0.282. The van der Waals surface area contributed by atoms with E-state index in [1.54, 1.807) is 24.4 Å². The van der Waals surface area contributed by atoms with Crippen molar-refractivity contribution in [3.63, 3.8) is 0 Å². The summed E-state index contributed by atoms with van der Waals surface area (Å²) in [6.45, 7) is 7.62. The van der Waals surface area contributed by atoms with Gasteiger partial charge in [-0.15, -0.1) is 0 Å². The zero-order chi connectivity index (χ0) is 23.8. The van der Waals surface area contributed by atoms with E-state index >= 15 is 4.39 Å². The van der Waals surface area contributed by atoms with Gasteiger partial charge < -0.3 is 4.98 Å². The normalized spacial score (nSPS) is 12.6. The number of allylic oxidation sites excluding steroid dienone is 5. The number of fused-ring (bicyclic) bond motifs is 2. The first kappa shape index (κ1) is 21.5. The van der Waals surface area contributed by atoms with Crippen LogP contribution < -0.4 is 0 Å². The van der Waals surface area contributed by atoms with Gasteiger partial charge in [0.25, 0.3) is 0 Å². The molecule has 34 heavy (non-hydrogen) atoms. The van der Waals surface area contributed by atoms with Gasteiger partial charge in [-0.1, -0.05) is 24.8 Å². The molecule has 0 unspecified atom stereocenters. The number of hydrogen-bond acceptors (Lipinski definition) is 3. The molecule has 0 bridgehead atoms. The lowest BCUT2D eigenvalue weighted by Gasteiger charge is -2.09. The summed E-state index contributed by atoms with van der Waals surface area (Å²) in [5, 5.41) is 7.74. The molecular weight excluding hydrogens is 432 g/mol. The van der Waals surface area contributed by atoms with Crippen molar-refractivity contribution in [2.75, 3.05) is 0 Å². The number of halogens is 2. The first-order valence-electron chi connectivity index (χ1n) is 10.7. The van der Waals surface area contributed by atoms with Crippen molar-refractivity contribution in [2.24, 2.45) is 0 Å². The molecule has 3 heterocycles. The number of imidazole rings is 1. The maximum absolute atomic E-state index is 15.0. The summed E-state index contributed by atoms with van der Waals surface area (Å²) in [4.78, 5) is 12.5. The van der Waals surface area contributed by atoms with Crippen LogP contribution in [0.3, 0.4) is 0 Å². The monoisotopic (exact) mass is 453 g/mol. The summed E-state index contributed by atoms with van der Waals surface area (Å²) in [5.74, 6) is -0.240. The predicted molar refractivity (Wildman–Crippen MR) is 132 cm³/mol. The Morgan fingerprint density at radius 2 is 1.85 bits per heavy atom. The molecule has 7 heteroatoms. The van der Waals surface area contributed by atoms with E-state index in [2.05, 4.69) is 26.7 Å². The number of benzene rings is 2. The zero-order valence-electron chi connectivity index (χ0n) is 18.7. The Hall–Kier alpha value is -4.39. The highest BCUT2D eigenvalue weighted by molar-refractivity contribution is 5.98. The van der Waals surface area contributed by atoms with Crippen molar-refractivity contribution >= 4 is 27.5 Å². The van der Waals surface area contributed by atoms with Crippen molar-refractivity contribution in [3.8, 4) is 22.8 Å². The number of hydrogen-bond donors (Lipinski definition) is 2. The molecule has 0 spiro atoms. The van der Waals surface area contributed by atoms with Gasteiger partial charge in [0.05, 0.1) is 11.2 Å². The summed E-state index contributed by atoms with van der Waals surface area (Å²) in [6, 6.07) is 11.3. The first-order valence-corrected chi connectivity index (χ1v) is 10.7. The van der Waals surface area contributed by atoms with Crippen LogP contribution in [0, 0.1) is 11.6 Å². The van der Waals surface area contributed by atoms with E-state index in [0.717, 1.165) is 27.8 Å². The van der Waals surface area contributed by atoms with E-state index in [1.807, 2.05) is 38.1 Å². The molecule has 5 aromatic rings. The van der Waals surface area contributed by atoms with Crippen molar-refractivity contribution < 1.29 is 8.78 Å². The van der Waals surface area contributed by atoms with Crippen LogP contribution in [0.4, 0.5) is 8.78 Å². The number of nitrogens with zero attached hydrogens (tertiary/aromatic N) is 3. The second kappa shape index (κ2) is 8.51. The molecule has 0 fully saturated rings. The number of aromatic amines is 2. The second-order valence-electron chi connectivity index (χ2n) is 7.89. The molecule has 0 atom stereocenters. The highest BCUT2D eigenvalue weighted by Crippen LogP contribution is 2.34. The standard InChI is InChI=1S/C27H21F2N5/c1-4-6-15(3)19(5-2)17-13-20-24(21(29)14-17)33-34-25(20)27-31-22-11-12-30-23(26(22)32-27)16-7-9-18(28)10-8-16/h4-14H,1H2,2-3H3,(H,31,32)(H,33,34)/b15-6-,19-5+. The minimum Gasteiger partial charge on any atom is -0.337 e. The summed E-state index contributed by atoms with van der Waals surface area (Å²) in [6.07, 6.45) is 7.20. The number of rotatable bonds is 5. The largest absolute Gasteiger partial charge is 0.337 e. The third kappa shape index (κ3) is 3.61. The van der Waals surface area contributed by atoms with Crippen LogP contribution in [0.25, 0.3) is 50.3 Å². The molecule has 0 saturated carbocycles. The number of pyridine rings is 1. The van der Waals surface area contributed by atoms with Gasteiger partial charge in [0.15, 0.2) is 11.6 Å². The summed E-state index contributed by atoms with van der Waals surface area (Å²) in [7, 11) is 0. The second-order valence-corrected chi connectivity index (χ2v) is 7.89. The maximum atomic E-state index is 15.0. The van der Waals surface area contributed by atoms with Crippen LogP contribution in [0.2, 0.25) is 0 Å². The average molecular weight is 453 g/mol. The van der Waals surface area contributed by atoms with Crippen LogP contribution in [0.15, 0.2) is 79.0 Å². The first-order chi connectivity index (χ1) is 16.5. The van der Waals surface area contributed by atoms with Gasteiger partial charge in [-0.3, -0.25) is 10.1 Å². The van der Waals surface area contributed by atoms with E-state index in [0.29, 0.717) is 28.1 Å². The molecule has 2 N–H and O–H groups in total. The Morgan fingerprint density at radius 3 is 2.59 bits per heavy atom. The minimum absolute atomic E-state index is 0.233. The van der Waals surface area contributed by atoms with Crippen LogP contribution in [-0.4, -0.2) is 25.1 Å². The highest BCUT2D eigenvalue weighted by Gasteiger charge is 2.19. The molecule has 2 aromatic carbocycles. The molecule has 0 saturated heterocycles. The lowest BCUT2D eigenvalue weighted by atomic mass is 9.96. The SMILES string of the molecule is C=C/C=C(C)\C(=C/C)c1cc(F)c2n[nH]c(-c3nc4c(-c5ccc(F)cc5)nccc4[nH]3)c2c1. The molecule has 5 rings (SSSR count). The Labute approximate surface area is 194 Å². The molecule has 5 nitrogen and oxygen atoms in total. The fourth-order valence-electron chi connectivity index (χ4n) is 4.17. The minimum atomic E-state index is -0.425. The van der Waals surface area contributed by atoms with Gasteiger partial charge in [0, 0.05) is 17.1 Å². The predicted octanol–water partition coefficient (Wildman–Crippen LogP) is 6.98. The van der Waals surface area contributed by atoms with E-state index < -0.39 is 5.82 Å². The molecule has 0 aliphatic carbocycles. The fourth-order valence-corrected chi connectivity index (χ4v) is 4.17. The van der Waals surface area contributed by atoms with Gasteiger partial charge in [-0.2, -0.15) is 5.10 Å². The van der Waals surface area contributed by atoms with Crippen molar-refractivity contribution in [1.82, 2.24) is 25.1 Å². The van der Waals surface area contributed by atoms with Gasteiger partial charge in [-0.25, -0.2) is 13.8 Å². The Bertz CT molecular complexity index is 1600. The smallest absolute Gasteiger partial charge is 0.157 e. The van der Waals surface area contributed by atoms with Crippen LogP contribution >= 0.6 is 0 Å². The van der Waals surface area contributed by atoms with E-state index in [4.69, 9.17) is 4.98 Å². The summed E-state index contributed by atoms with van der Waals surface area (Å²) >= 11 is 0. The lowest BCUT2D eigenvalue weighted by Crippen LogP contribution is -1.90. The molecule has 0 aliphatic heterocycles. The Balaban J connectivity index is 1.68. The van der Waals surface area contributed by atoms with Gasteiger partial charge in [0.1, 0.15) is 22.5 Å². The topological polar surface area (TPSA) is 70.2 Å². The highest BCUT2D eigenvalue weighted by atomic mass is 19.1. The van der Waals surface area contributed by atoms with E-state index in [-0.39, 0.29) is 11.3 Å². The van der Waals surface area contributed by atoms with Crippen LogP contribution in [0.5, 0.6) is 0 Å². The molecular formula is C27H21F2N5. The van der Waals surface area contributed by atoms with Crippen molar-refractivity contribution in [2.45, 2.75) is 13.8 Å². The van der Waals surface area contributed by atoms with Gasteiger partial charge in [-0.05, 0) is 73.0 Å². The third-order valence-corrected chi connectivity index (χ3v) is 5.76. The Morgan fingerprint density at radius 1 is 1.06 bits per heavy atom. The Kier molecular flexibility index (Phi) is 5.37. The average Bonchev–Trinajstić information content (AvgIpc) is 3.44. The van der Waals surface area contributed by atoms with Gasteiger partial charge >= 0.3 is 0 Å². The van der Waals surface area contributed by atoms with Gasteiger partial charge in [0.2, 0.25) is 0 Å². The van der Waals surface area contributed by atoms with Crippen molar-refractivity contribution in [3.05, 3.63) is 96.2 Å². The molecule has 0 amide bonds. The molecule has 3 aromatic heterocycles. The molecule has 0 aliphatic rings.